The zero-order valence-electron chi connectivity index (χ0n) is 12.2. The molecule has 1 fully saturated rings. The molecule has 1 aromatic carbocycles. The van der Waals surface area contributed by atoms with Gasteiger partial charge in [-0.3, -0.25) is 4.79 Å². The largest absolute Gasteiger partial charge is 0.378 e. The Morgan fingerprint density at radius 3 is 3.05 bits per heavy atom. The van der Waals surface area contributed by atoms with Crippen molar-refractivity contribution in [2.24, 2.45) is 0 Å². The van der Waals surface area contributed by atoms with Crippen molar-refractivity contribution < 1.29 is 9.53 Å². The topological polar surface area (TPSA) is 50.4 Å². The molecule has 0 saturated carbocycles. The van der Waals surface area contributed by atoms with E-state index in [1.165, 1.54) is 12.0 Å². The van der Waals surface area contributed by atoms with E-state index in [-0.39, 0.29) is 12.0 Å². The number of hydrogen-bond donors (Lipinski definition) is 2. The average molecular weight is 276 g/mol. The standard InChI is InChI=1S/C16H24N2O2/c1-17-12-13-5-4-6-14(11-13)18-16(19)9-8-15-7-2-3-10-20-15/h4-6,11,15,17H,2-3,7-10,12H2,1H3,(H,18,19)/t15-/m0/s1. The summed E-state index contributed by atoms with van der Waals surface area (Å²) in [4.78, 5) is 11.9. The zero-order chi connectivity index (χ0) is 14.2. The van der Waals surface area contributed by atoms with Crippen LogP contribution in [0, 0.1) is 0 Å². The highest BCUT2D eigenvalue weighted by atomic mass is 16.5. The van der Waals surface area contributed by atoms with Crippen molar-refractivity contribution in [1.29, 1.82) is 0 Å². The maximum absolute atomic E-state index is 11.9. The Kier molecular flexibility index (Phi) is 6.02. The number of benzene rings is 1. The van der Waals surface area contributed by atoms with Crippen molar-refractivity contribution in [2.75, 3.05) is 19.0 Å². The van der Waals surface area contributed by atoms with Crippen LogP contribution >= 0.6 is 0 Å². The smallest absolute Gasteiger partial charge is 0.224 e. The third-order valence-corrected chi connectivity index (χ3v) is 3.56. The first-order valence-electron chi connectivity index (χ1n) is 7.43. The van der Waals surface area contributed by atoms with Gasteiger partial charge in [0.05, 0.1) is 6.10 Å². The number of nitrogens with one attached hydrogen (secondary N) is 2. The summed E-state index contributed by atoms with van der Waals surface area (Å²) in [6.45, 7) is 1.65. The lowest BCUT2D eigenvalue weighted by atomic mass is 10.0. The Morgan fingerprint density at radius 1 is 1.40 bits per heavy atom. The molecule has 0 unspecified atom stereocenters. The van der Waals surface area contributed by atoms with Gasteiger partial charge in [0.2, 0.25) is 5.91 Å². The minimum atomic E-state index is 0.0702. The fraction of sp³-hybridized carbons (Fsp3) is 0.562. The van der Waals surface area contributed by atoms with Crippen molar-refractivity contribution in [2.45, 2.75) is 44.8 Å². The minimum Gasteiger partial charge on any atom is -0.378 e. The second kappa shape index (κ2) is 8.02. The lowest BCUT2D eigenvalue weighted by Crippen LogP contribution is -2.21. The minimum absolute atomic E-state index is 0.0702. The fourth-order valence-corrected chi connectivity index (χ4v) is 2.51. The number of carbonyl (C=O) groups is 1. The maximum atomic E-state index is 11.9. The van der Waals surface area contributed by atoms with Crippen LogP contribution in [0.3, 0.4) is 0 Å². The number of carbonyl (C=O) groups excluding carboxylic acids is 1. The average Bonchev–Trinajstić information content (AvgIpc) is 2.47. The van der Waals surface area contributed by atoms with Crippen LogP contribution in [0.15, 0.2) is 24.3 Å². The molecule has 0 aliphatic carbocycles. The van der Waals surface area contributed by atoms with Gasteiger partial charge in [0.1, 0.15) is 0 Å². The molecule has 1 heterocycles. The van der Waals surface area contributed by atoms with Gasteiger partial charge in [0.15, 0.2) is 0 Å². The number of ether oxygens (including phenoxy) is 1. The Labute approximate surface area is 120 Å². The number of rotatable bonds is 6. The summed E-state index contributed by atoms with van der Waals surface area (Å²) >= 11 is 0. The van der Waals surface area contributed by atoms with Crippen LogP contribution in [0.4, 0.5) is 5.69 Å². The van der Waals surface area contributed by atoms with E-state index in [2.05, 4.69) is 10.6 Å². The molecule has 1 saturated heterocycles. The van der Waals surface area contributed by atoms with Crippen LogP contribution in [-0.2, 0) is 16.1 Å². The predicted molar refractivity (Wildman–Crippen MR) is 80.7 cm³/mol. The van der Waals surface area contributed by atoms with Crippen LogP contribution in [0.1, 0.15) is 37.7 Å². The van der Waals surface area contributed by atoms with Crippen molar-refractivity contribution in [1.82, 2.24) is 5.32 Å². The highest BCUT2D eigenvalue weighted by molar-refractivity contribution is 5.90. The van der Waals surface area contributed by atoms with E-state index in [1.807, 2.05) is 31.3 Å². The summed E-state index contributed by atoms with van der Waals surface area (Å²) in [7, 11) is 1.91. The molecule has 1 aromatic rings. The van der Waals surface area contributed by atoms with Gasteiger partial charge < -0.3 is 15.4 Å². The quantitative estimate of drug-likeness (QED) is 0.840. The summed E-state index contributed by atoms with van der Waals surface area (Å²) in [5, 5.41) is 6.06. The zero-order valence-corrected chi connectivity index (χ0v) is 12.2. The van der Waals surface area contributed by atoms with Gasteiger partial charge in [0.25, 0.3) is 0 Å². The van der Waals surface area contributed by atoms with E-state index < -0.39 is 0 Å². The lowest BCUT2D eigenvalue weighted by molar-refractivity contribution is -0.117. The molecule has 1 aliphatic rings. The first-order valence-corrected chi connectivity index (χ1v) is 7.43. The van der Waals surface area contributed by atoms with Crippen LogP contribution in [0.5, 0.6) is 0 Å². The van der Waals surface area contributed by atoms with E-state index in [0.29, 0.717) is 6.42 Å². The van der Waals surface area contributed by atoms with Crippen LogP contribution in [0.25, 0.3) is 0 Å². The van der Waals surface area contributed by atoms with Gasteiger partial charge >= 0.3 is 0 Å². The van der Waals surface area contributed by atoms with E-state index >= 15 is 0 Å². The molecular formula is C16H24N2O2. The van der Waals surface area contributed by atoms with E-state index in [1.54, 1.807) is 0 Å². The molecule has 1 amide bonds. The van der Waals surface area contributed by atoms with Crippen LogP contribution in [0.2, 0.25) is 0 Å². The number of hydrogen-bond acceptors (Lipinski definition) is 3. The third-order valence-electron chi connectivity index (χ3n) is 3.56. The van der Waals surface area contributed by atoms with Crippen LogP contribution < -0.4 is 10.6 Å². The second-order valence-corrected chi connectivity index (χ2v) is 5.31. The predicted octanol–water partition coefficient (Wildman–Crippen LogP) is 2.69. The maximum Gasteiger partial charge on any atom is 0.224 e. The molecule has 1 atom stereocenters. The first-order chi connectivity index (χ1) is 9.78. The Hall–Kier alpha value is -1.39. The molecule has 1 aliphatic heterocycles. The molecule has 0 aromatic heterocycles. The van der Waals surface area contributed by atoms with Gasteiger partial charge in [-0.1, -0.05) is 12.1 Å². The van der Waals surface area contributed by atoms with E-state index in [0.717, 1.165) is 38.1 Å². The van der Waals surface area contributed by atoms with E-state index in [9.17, 15) is 4.79 Å². The molecule has 0 spiro atoms. The molecule has 4 heteroatoms. The van der Waals surface area contributed by atoms with Gasteiger partial charge in [-0.05, 0) is 50.4 Å². The highest BCUT2D eigenvalue weighted by Crippen LogP contribution is 2.17. The number of amides is 1. The van der Waals surface area contributed by atoms with Gasteiger partial charge in [-0.15, -0.1) is 0 Å². The summed E-state index contributed by atoms with van der Waals surface area (Å²) in [5.41, 5.74) is 2.04. The SMILES string of the molecule is CNCc1cccc(NC(=O)CC[C@@H]2CCCCO2)c1. The summed E-state index contributed by atoms with van der Waals surface area (Å²) in [6, 6.07) is 7.94. The monoisotopic (exact) mass is 276 g/mol. The van der Waals surface area contributed by atoms with Gasteiger partial charge in [-0.2, -0.15) is 0 Å². The normalized spacial score (nSPS) is 18.8. The summed E-state index contributed by atoms with van der Waals surface area (Å²) < 4.78 is 5.64. The third kappa shape index (κ3) is 4.94. The molecule has 2 N–H and O–H groups in total. The van der Waals surface area contributed by atoms with Crippen molar-refractivity contribution in [3.63, 3.8) is 0 Å². The van der Waals surface area contributed by atoms with Crippen molar-refractivity contribution >= 4 is 11.6 Å². The fourth-order valence-electron chi connectivity index (χ4n) is 2.51. The van der Waals surface area contributed by atoms with Gasteiger partial charge in [0, 0.05) is 25.3 Å². The second-order valence-electron chi connectivity index (χ2n) is 5.31. The number of anilines is 1. The molecule has 0 bridgehead atoms. The van der Waals surface area contributed by atoms with Crippen molar-refractivity contribution in [3.05, 3.63) is 29.8 Å². The molecule has 0 radical (unpaired) electrons. The molecule has 110 valence electrons. The highest BCUT2D eigenvalue weighted by Gasteiger charge is 2.15. The molecule has 4 nitrogen and oxygen atoms in total. The van der Waals surface area contributed by atoms with Gasteiger partial charge in [-0.25, -0.2) is 0 Å². The Bertz CT molecular complexity index is 428. The molecular weight excluding hydrogens is 252 g/mol. The van der Waals surface area contributed by atoms with E-state index in [4.69, 9.17) is 4.74 Å². The molecule has 20 heavy (non-hydrogen) atoms. The van der Waals surface area contributed by atoms with Crippen molar-refractivity contribution in [3.8, 4) is 0 Å². The Morgan fingerprint density at radius 2 is 2.30 bits per heavy atom. The molecule has 2 rings (SSSR count). The van der Waals surface area contributed by atoms with Crippen LogP contribution in [-0.4, -0.2) is 25.7 Å². The first kappa shape index (κ1) is 15.0. The summed E-state index contributed by atoms with van der Waals surface area (Å²) in [5.74, 6) is 0.0702. The summed E-state index contributed by atoms with van der Waals surface area (Å²) in [6.07, 6.45) is 5.08. The lowest BCUT2D eigenvalue weighted by Gasteiger charge is -2.22. The Balaban J connectivity index is 1.77.